The van der Waals surface area contributed by atoms with Crippen LogP contribution in [-0.2, 0) is 26.2 Å². The van der Waals surface area contributed by atoms with Crippen LogP contribution in [0, 0.1) is 6.92 Å². The molecule has 0 heterocycles. The summed E-state index contributed by atoms with van der Waals surface area (Å²) in [5, 5.41) is 3.23. The molecule has 0 spiro atoms. The van der Waals surface area contributed by atoms with E-state index in [1.54, 1.807) is 31.2 Å². The first-order chi connectivity index (χ1) is 18.9. The smallest absolute Gasteiger partial charge is 0.264 e. The summed E-state index contributed by atoms with van der Waals surface area (Å²) in [7, 11) is -4.18. The first-order valence-corrected chi connectivity index (χ1v) is 14.9. The van der Waals surface area contributed by atoms with Gasteiger partial charge >= 0.3 is 0 Å². The number of amides is 2. The van der Waals surface area contributed by atoms with Crippen molar-refractivity contribution in [3.8, 4) is 5.75 Å². The Balaban J connectivity index is 2.02. The number of ether oxygens (including phenoxy) is 1. The molecule has 0 aromatic heterocycles. The summed E-state index contributed by atoms with van der Waals surface area (Å²) in [6.07, 6.45) is 0. The monoisotopic (exact) mass is 585 g/mol. The molecule has 0 aliphatic carbocycles. The molecule has 8 nitrogen and oxygen atoms in total. The topological polar surface area (TPSA) is 96.0 Å². The van der Waals surface area contributed by atoms with Crippen molar-refractivity contribution in [3.05, 3.63) is 88.9 Å². The number of carbonyl (C=O) groups is 2. The van der Waals surface area contributed by atoms with Crippen molar-refractivity contribution in [1.82, 2.24) is 10.2 Å². The van der Waals surface area contributed by atoms with Crippen LogP contribution in [-0.4, -0.2) is 50.4 Å². The molecule has 0 saturated carbocycles. The molecule has 0 bridgehead atoms. The second-order valence-electron chi connectivity index (χ2n) is 9.74. The van der Waals surface area contributed by atoms with Gasteiger partial charge in [-0.15, -0.1) is 0 Å². The van der Waals surface area contributed by atoms with Crippen LogP contribution in [0.3, 0.4) is 0 Å². The molecular formula is C30H36ClN3O5S. The van der Waals surface area contributed by atoms with Crippen LogP contribution in [0.5, 0.6) is 5.75 Å². The number of nitrogens with zero attached hydrogens (tertiary/aromatic N) is 2. The Hall–Kier alpha value is -3.56. The zero-order valence-corrected chi connectivity index (χ0v) is 25.0. The number of carbonyl (C=O) groups excluding carboxylic acids is 2. The van der Waals surface area contributed by atoms with Crippen LogP contribution in [0.15, 0.2) is 77.7 Å². The molecule has 0 radical (unpaired) electrons. The molecular weight excluding hydrogens is 550 g/mol. The van der Waals surface area contributed by atoms with Gasteiger partial charge in [0.2, 0.25) is 11.8 Å². The molecule has 1 atom stereocenters. The minimum absolute atomic E-state index is 0.0192. The minimum Gasteiger partial charge on any atom is -0.494 e. The van der Waals surface area contributed by atoms with Gasteiger partial charge in [0.15, 0.2) is 0 Å². The lowest BCUT2D eigenvalue weighted by atomic mass is 10.1. The number of nitrogens with one attached hydrogen (secondary N) is 1. The lowest BCUT2D eigenvalue weighted by molar-refractivity contribution is -0.139. The number of halogens is 1. The molecule has 10 heteroatoms. The average Bonchev–Trinajstić information content (AvgIpc) is 2.91. The number of rotatable bonds is 12. The van der Waals surface area contributed by atoms with Gasteiger partial charge in [0, 0.05) is 17.6 Å². The second-order valence-corrected chi connectivity index (χ2v) is 12.0. The Morgan fingerprint density at radius 3 is 2.08 bits per heavy atom. The molecule has 0 aliphatic heterocycles. The van der Waals surface area contributed by atoms with Gasteiger partial charge in [-0.05, 0) is 88.7 Å². The largest absolute Gasteiger partial charge is 0.494 e. The number of benzene rings is 3. The standard InChI is InChI=1S/C30H36ClN3O5S/c1-6-39-27-15-13-26(14-16-27)34(40(37,38)28-17-11-25(31)12-18-28)20-29(35)33(23(5)30(36)32-21(2)3)19-24-9-7-22(4)8-10-24/h7-18,21,23H,6,19-20H2,1-5H3,(H,32,36)/t23-/m0/s1. The third kappa shape index (κ3) is 7.99. The highest BCUT2D eigenvalue weighted by Gasteiger charge is 2.32. The quantitative estimate of drug-likeness (QED) is 0.316. The molecule has 0 aliphatic rings. The van der Waals surface area contributed by atoms with Crippen LogP contribution in [0.2, 0.25) is 5.02 Å². The maximum atomic E-state index is 13.9. The van der Waals surface area contributed by atoms with Crippen molar-refractivity contribution in [3.63, 3.8) is 0 Å². The fourth-order valence-corrected chi connectivity index (χ4v) is 5.56. The molecule has 40 heavy (non-hydrogen) atoms. The van der Waals surface area contributed by atoms with E-state index in [2.05, 4.69) is 5.32 Å². The number of hydrogen-bond acceptors (Lipinski definition) is 5. The van der Waals surface area contributed by atoms with Crippen molar-refractivity contribution in [2.75, 3.05) is 17.5 Å². The average molecular weight is 586 g/mol. The Bertz CT molecular complexity index is 1390. The van der Waals surface area contributed by atoms with Gasteiger partial charge in [-0.3, -0.25) is 13.9 Å². The van der Waals surface area contributed by atoms with E-state index in [1.807, 2.05) is 52.0 Å². The molecule has 3 aromatic rings. The van der Waals surface area contributed by atoms with Crippen LogP contribution < -0.4 is 14.4 Å². The lowest BCUT2D eigenvalue weighted by Crippen LogP contribution is -2.52. The molecule has 3 aromatic carbocycles. The maximum absolute atomic E-state index is 13.9. The Morgan fingerprint density at radius 1 is 0.925 bits per heavy atom. The van der Waals surface area contributed by atoms with Crippen molar-refractivity contribution >= 4 is 39.1 Å². The summed E-state index contributed by atoms with van der Waals surface area (Å²) in [6, 6.07) is 18.9. The van der Waals surface area contributed by atoms with E-state index < -0.39 is 28.5 Å². The fraction of sp³-hybridized carbons (Fsp3) is 0.333. The summed E-state index contributed by atoms with van der Waals surface area (Å²) in [4.78, 5) is 28.3. The summed E-state index contributed by atoms with van der Waals surface area (Å²) in [6.45, 7) is 9.18. The molecule has 1 N–H and O–H groups in total. The Kier molecular flexibility index (Phi) is 10.6. The summed E-state index contributed by atoms with van der Waals surface area (Å²) in [5.41, 5.74) is 2.15. The molecule has 0 fully saturated rings. The van der Waals surface area contributed by atoms with Gasteiger partial charge in [0.05, 0.1) is 17.2 Å². The van der Waals surface area contributed by atoms with E-state index in [1.165, 1.54) is 29.2 Å². The summed E-state index contributed by atoms with van der Waals surface area (Å²) in [5.74, 6) is -0.288. The third-order valence-corrected chi connectivity index (χ3v) is 8.23. The van der Waals surface area contributed by atoms with Gasteiger partial charge in [0.1, 0.15) is 18.3 Å². The minimum atomic E-state index is -4.18. The molecule has 3 rings (SSSR count). The second kappa shape index (κ2) is 13.7. The number of sulfonamides is 1. The zero-order valence-electron chi connectivity index (χ0n) is 23.4. The molecule has 0 unspecified atom stereocenters. The summed E-state index contributed by atoms with van der Waals surface area (Å²) < 4.78 is 34.3. The SMILES string of the molecule is CCOc1ccc(N(CC(=O)N(Cc2ccc(C)cc2)[C@@H](C)C(=O)NC(C)C)S(=O)(=O)c2ccc(Cl)cc2)cc1. The first-order valence-electron chi connectivity index (χ1n) is 13.1. The van der Waals surface area contributed by atoms with Crippen molar-refractivity contribution < 1.29 is 22.7 Å². The maximum Gasteiger partial charge on any atom is 0.264 e. The third-order valence-electron chi connectivity index (χ3n) is 6.19. The highest BCUT2D eigenvalue weighted by atomic mass is 35.5. The predicted molar refractivity (Wildman–Crippen MR) is 158 cm³/mol. The van der Waals surface area contributed by atoms with E-state index >= 15 is 0 Å². The predicted octanol–water partition coefficient (Wildman–Crippen LogP) is 5.18. The van der Waals surface area contributed by atoms with E-state index in [4.69, 9.17) is 16.3 Å². The highest BCUT2D eigenvalue weighted by Crippen LogP contribution is 2.27. The molecule has 214 valence electrons. The van der Waals surface area contributed by atoms with Crippen LogP contribution >= 0.6 is 11.6 Å². The van der Waals surface area contributed by atoms with Gasteiger partial charge in [0.25, 0.3) is 10.0 Å². The van der Waals surface area contributed by atoms with Gasteiger partial charge < -0.3 is 15.0 Å². The van der Waals surface area contributed by atoms with Gasteiger partial charge in [-0.2, -0.15) is 0 Å². The number of aryl methyl sites for hydroxylation is 1. The highest BCUT2D eigenvalue weighted by molar-refractivity contribution is 7.92. The fourth-order valence-electron chi connectivity index (χ4n) is 4.02. The van der Waals surface area contributed by atoms with Crippen molar-refractivity contribution in [2.45, 2.75) is 58.1 Å². The van der Waals surface area contributed by atoms with Crippen LogP contribution in [0.25, 0.3) is 0 Å². The zero-order chi connectivity index (χ0) is 29.4. The van der Waals surface area contributed by atoms with Gasteiger partial charge in [-0.1, -0.05) is 41.4 Å². The molecule has 2 amide bonds. The van der Waals surface area contributed by atoms with Crippen molar-refractivity contribution in [2.24, 2.45) is 0 Å². The number of hydrogen-bond donors (Lipinski definition) is 1. The van der Waals surface area contributed by atoms with Crippen LogP contribution in [0.1, 0.15) is 38.8 Å². The van der Waals surface area contributed by atoms with Crippen molar-refractivity contribution in [1.29, 1.82) is 0 Å². The van der Waals surface area contributed by atoms with Gasteiger partial charge in [-0.25, -0.2) is 8.42 Å². The van der Waals surface area contributed by atoms with E-state index in [0.717, 1.165) is 15.4 Å². The van der Waals surface area contributed by atoms with E-state index in [9.17, 15) is 18.0 Å². The first kappa shape index (κ1) is 31.0. The number of anilines is 1. The van der Waals surface area contributed by atoms with Crippen LogP contribution in [0.4, 0.5) is 5.69 Å². The normalized spacial score (nSPS) is 12.1. The molecule has 0 saturated heterocycles. The van der Waals surface area contributed by atoms with E-state index in [-0.39, 0.29) is 29.1 Å². The summed E-state index contributed by atoms with van der Waals surface area (Å²) >= 11 is 6.00. The van der Waals surface area contributed by atoms with E-state index in [0.29, 0.717) is 17.4 Å². The Morgan fingerprint density at radius 2 is 1.52 bits per heavy atom. The Labute approximate surface area is 241 Å². The lowest BCUT2D eigenvalue weighted by Gasteiger charge is -2.32.